The van der Waals surface area contributed by atoms with Gasteiger partial charge < -0.3 is 5.73 Å². The van der Waals surface area contributed by atoms with Crippen LogP contribution in [0.4, 0.5) is 5.82 Å². The molecule has 0 radical (unpaired) electrons. The fourth-order valence-corrected chi connectivity index (χ4v) is 5.53. The Bertz CT molecular complexity index is 883. The third-order valence-corrected chi connectivity index (χ3v) is 6.65. The van der Waals surface area contributed by atoms with Gasteiger partial charge in [0.05, 0.1) is 11.9 Å². The summed E-state index contributed by atoms with van der Waals surface area (Å²) in [6, 6.07) is 4.25. The lowest BCUT2D eigenvalue weighted by molar-refractivity contribution is 0.282. The highest BCUT2D eigenvalue weighted by Gasteiger charge is 2.20. The summed E-state index contributed by atoms with van der Waals surface area (Å²) in [7, 11) is 0. The zero-order valence-corrected chi connectivity index (χ0v) is 15.8. The van der Waals surface area contributed by atoms with Crippen molar-refractivity contribution >= 4 is 38.7 Å². The summed E-state index contributed by atoms with van der Waals surface area (Å²) < 4.78 is 0. The van der Waals surface area contributed by atoms with E-state index in [0.717, 1.165) is 42.0 Å². The van der Waals surface area contributed by atoms with Gasteiger partial charge in [-0.3, -0.25) is 4.90 Å². The highest BCUT2D eigenvalue weighted by atomic mass is 32.1. The SMILES string of the molecule is C=CCN(Cc1nc(N)c2c3c(sc2n1)CCCC3)Cc1cccs1. The van der Waals surface area contributed by atoms with E-state index in [1.807, 2.05) is 6.08 Å². The number of thiophene rings is 2. The van der Waals surface area contributed by atoms with Gasteiger partial charge in [-0.1, -0.05) is 12.1 Å². The third-order valence-electron chi connectivity index (χ3n) is 4.60. The van der Waals surface area contributed by atoms with Gasteiger partial charge in [-0.2, -0.15) is 0 Å². The summed E-state index contributed by atoms with van der Waals surface area (Å²) in [6.07, 6.45) is 6.72. The molecule has 1 aliphatic rings. The standard InChI is InChI=1S/C19H22N4S2/c1-2-9-23(11-13-6-5-10-24-13)12-16-21-18(20)17-14-7-3-4-8-15(14)25-19(17)22-16/h2,5-6,10H,1,3-4,7-9,11-12H2,(H2,20,21,22). The Morgan fingerprint density at radius 3 is 2.92 bits per heavy atom. The molecule has 25 heavy (non-hydrogen) atoms. The van der Waals surface area contributed by atoms with E-state index in [1.165, 1.54) is 28.2 Å². The van der Waals surface area contributed by atoms with Crippen LogP contribution >= 0.6 is 22.7 Å². The number of nitrogens with two attached hydrogens (primary N) is 1. The van der Waals surface area contributed by atoms with Gasteiger partial charge in [-0.25, -0.2) is 9.97 Å². The van der Waals surface area contributed by atoms with Crippen molar-refractivity contribution in [2.24, 2.45) is 0 Å². The number of nitrogen functional groups attached to an aromatic ring is 1. The molecule has 1 aliphatic carbocycles. The smallest absolute Gasteiger partial charge is 0.146 e. The molecule has 0 fully saturated rings. The van der Waals surface area contributed by atoms with Crippen LogP contribution in [0.2, 0.25) is 0 Å². The third kappa shape index (κ3) is 3.47. The van der Waals surface area contributed by atoms with E-state index >= 15 is 0 Å². The maximum absolute atomic E-state index is 6.33. The molecule has 130 valence electrons. The molecule has 0 bridgehead atoms. The molecule has 4 rings (SSSR count). The second kappa shape index (κ2) is 7.23. The molecule has 0 saturated heterocycles. The molecule has 0 aromatic carbocycles. The summed E-state index contributed by atoms with van der Waals surface area (Å²) in [4.78, 5) is 15.6. The molecule has 4 nitrogen and oxygen atoms in total. The van der Waals surface area contributed by atoms with E-state index in [0.29, 0.717) is 12.4 Å². The number of nitrogens with zero attached hydrogens (tertiary/aromatic N) is 3. The van der Waals surface area contributed by atoms with Crippen molar-refractivity contribution in [3.05, 3.63) is 51.3 Å². The van der Waals surface area contributed by atoms with Gasteiger partial charge in [-0.15, -0.1) is 29.3 Å². The number of hydrogen-bond acceptors (Lipinski definition) is 6. The number of fused-ring (bicyclic) bond motifs is 3. The van der Waals surface area contributed by atoms with Crippen LogP contribution in [0.3, 0.4) is 0 Å². The van der Waals surface area contributed by atoms with E-state index in [1.54, 1.807) is 22.7 Å². The minimum atomic E-state index is 0.647. The highest BCUT2D eigenvalue weighted by molar-refractivity contribution is 7.19. The fraction of sp³-hybridized carbons (Fsp3) is 0.368. The highest BCUT2D eigenvalue weighted by Crippen LogP contribution is 2.37. The Labute approximate surface area is 156 Å². The van der Waals surface area contributed by atoms with Crippen LogP contribution in [0.25, 0.3) is 10.2 Å². The molecule has 2 N–H and O–H groups in total. The summed E-state index contributed by atoms with van der Waals surface area (Å²) in [5.41, 5.74) is 7.73. The molecule has 6 heteroatoms. The van der Waals surface area contributed by atoms with Crippen LogP contribution in [0, 0.1) is 0 Å². The first kappa shape index (κ1) is 16.7. The molecule has 3 aromatic rings. The fourth-order valence-electron chi connectivity index (χ4n) is 3.49. The molecule has 3 aromatic heterocycles. The molecule has 0 spiro atoms. The van der Waals surface area contributed by atoms with E-state index < -0.39 is 0 Å². The average molecular weight is 371 g/mol. The number of aryl methyl sites for hydroxylation is 2. The van der Waals surface area contributed by atoms with Gasteiger partial charge in [0.25, 0.3) is 0 Å². The molecular formula is C19H22N4S2. The summed E-state index contributed by atoms with van der Waals surface area (Å²) >= 11 is 3.58. The molecular weight excluding hydrogens is 348 g/mol. The summed E-state index contributed by atoms with van der Waals surface area (Å²) in [5.74, 6) is 1.45. The lowest BCUT2D eigenvalue weighted by Crippen LogP contribution is -2.23. The minimum Gasteiger partial charge on any atom is -0.383 e. The topological polar surface area (TPSA) is 55.0 Å². The van der Waals surface area contributed by atoms with E-state index in [4.69, 9.17) is 10.7 Å². The number of aromatic nitrogens is 2. The second-order valence-electron chi connectivity index (χ2n) is 6.45. The Kier molecular flexibility index (Phi) is 4.83. The zero-order chi connectivity index (χ0) is 17.2. The molecule has 0 atom stereocenters. The van der Waals surface area contributed by atoms with E-state index in [9.17, 15) is 0 Å². The Morgan fingerprint density at radius 1 is 1.24 bits per heavy atom. The summed E-state index contributed by atoms with van der Waals surface area (Å²) in [6.45, 7) is 6.25. The van der Waals surface area contributed by atoms with Crippen molar-refractivity contribution in [1.82, 2.24) is 14.9 Å². The van der Waals surface area contributed by atoms with Crippen LogP contribution in [0.5, 0.6) is 0 Å². The first-order valence-electron chi connectivity index (χ1n) is 8.67. The predicted octanol–water partition coefficient (Wildman–Crippen LogP) is 4.40. The number of hydrogen-bond donors (Lipinski definition) is 1. The summed E-state index contributed by atoms with van der Waals surface area (Å²) in [5, 5.41) is 3.22. The quantitative estimate of drug-likeness (QED) is 0.653. The van der Waals surface area contributed by atoms with Crippen LogP contribution in [0.15, 0.2) is 30.2 Å². The van der Waals surface area contributed by atoms with Crippen LogP contribution in [-0.4, -0.2) is 21.4 Å². The molecule has 0 amide bonds. The maximum Gasteiger partial charge on any atom is 0.146 e. The van der Waals surface area contributed by atoms with Gasteiger partial charge in [0.2, 0.25) is 0 Å². The van der Waals surface area contributed by atoms with Gasteiger partial charge >= 0.3 is 0 Å². The first-order chi connectivity index (χ1) is 12.2. The lowest BCUT2D eigenvalue weighted by atomic mass is 9.97. The van der Waals surface area contributed by atoms with Gasteiger partial charge in [0.15, 0.2) is 0 Å². The van der Waals surface area contributed by atoms with E-state index in [-0.39, 0.29) is 0 Å². The molecule has 0 saturated carbocycles. The van der Waals surface area contributed by atoms with Gasteiger partial charge in [0, 0.05) is 22.8 Å². The van der Waals surface area contributed by atoms with Crippen LogP contribution in [-0.2, 0) is 25.9 Å². The van der Waals surface area contributed by atoms with E-state index in [2.05, 4.69) is 34.0 Å². The van der Waals surface area contributed by atoms with Crippen LogP contribution < -0.4 is 5.73 Å². The monoisotopic (exact) mass is 370 g/mol. The van der Waals surface area contributed by atoms with Crippen molar-refractivity contribution < 1.29 is 0 Å². The zero-order valence-electron chi connectivity index (χ0n) is 14.2. The lowest BCUT2D eigenvalue weighted by Gasteiger charge is -2.19. The average Bonchev–Trinajstić information content (AvgIpc) is 3.22. The molecule has 0 aliphatic heterocycles. The van der Waals surface area contributed by atoms with Crippen molar-refractivity contribution in [3.8, 4) is 0 Å². The van der Waals surface area contributed by atoms with Gasteiger partial charge in [-0.05, 0) is 42.7 Å². The number of rotatable bonds is 6. The Hall–Kier alpha value is -1.76. The van der Waals surface area contributed by atoms with Crippen molar-refractivity contribution in [3.63, 3.8) is 0 Å². The first-order valence-corrected chi connectivity index (χ1v) is 10.4. The minimum absolute atomic E-state index is 0.647. The normalized spacial score (nSPS) is 14.1. The predicted molar refractivity (Wildman–Crippen MR) is 107 cm³/mol. The van der Waals surface area contributed by atoms with Crippen molar-refractivity contribution in [2.45, 2.75) is 38.8 Å². The maximum atomic E-state index is 6.33. The Balaban J connectivity index is 1.62. The van der Waals surface area contributed by atoms with Crippen molar-refractivity contribution in [1.29, 1.82) is 0 Å². The molecule has 3 heterocycles. The van der Waals surface area contributed by atoms with Crippen LogP contribution in [0.1, 0.15) is 34.0 Å². The second-order valence-corrected chi connectivity index (χ2v) is 8.57. The van der Waals surface area contributed by atoms with Crippen molar-refractivity contribution in [2.75, 3.05) is 12.3 Å². The molecule has 0 unspecified atom stereocenters. The number of anilines is 1. The Morgan fingerprint density at radius 2 is 2.12 bits per heavy atom. The largest absolute Gasteiger partial charge is 0.383 e. The van der Waals surface area contributed by atoms with Gasteiger partial charge in [0.1, 0.15) is 16.5 Å².